The highest BCUT2D eigenvalue weighted by Gasteiger charge is 2.20. The van der Waals surface area contributed by atoms with E-state index >= 15 is 0 Å². The van der Waals surface area contributed by atoms with Gasteiger partial charge >= 0.3 is 0 Å². The third kappa shape index (κ3) is 3.43. The first-order valence-electron chi connectivity index (χ1n) is 6.73. The molecule has 6 heteroatoms. The van der Waals surface area contributed by atoms with Crippen LogP contribution in [0.15, 0.2) is 0 Å². The quantitative estimate of drug-likeness (QED) is 0.883. The van der Waals surface area contributed by atoms with Gasteiger partial charge in [0.05, 0.1) is 0 Å². The normalized spacial score (nSPS) is 23.6. The van der Waals surface area contributed by atoms with Crippen LogP contribution in [0.25, 0.3) is 0 Å². The number of anilines is 2. The molecule has 3 N–H and O–H groups in total. The Balaban J connectivity index is 2.17. The van der Waals surface area contributed by atoms with Gasteiger partial charge in [-0.2, -0.15) is 0 Å². The fourth-order valence-corrected chi connectivity index (χ4v) is 3.38. The molecule has 1 fully saturated rings. The van der Waals surface area contributed by atoms with Crippen LogP contribution < -0.4 is 11.1 Å². The minimum absolute atomic E-state index is 0.252. The van der Waals surface area contributed by atoms with E-state index < -0.39 is 10.8 Å². The summed E-state index contributed by atoms with van der Waals surface area (Å²) in [6, 6.07) is 0.339. The van der Waals surface area contributed by atoms with Crippen molar-refractivity contribution >= 4 is 22.4 Å². The van der Waals surface area contributed by atoms with E-state index in [0.29, 0.717) is 11.9 Å². The lowest BCUT2D eigenvalue weighted by Gasteiger charge is -2.24. The summed E-state index contributed by atoms with van der Waals surface area (Å²) in [6.45, 7) is 6.04. The first-order valence-corrected chi connectivity index (χ1v) is 8.21. The van der Waals surface area contributed by atoms with Gasteiger partial charge in [0.25, 0.3) is 0 Å². The minimum Gasteiger partial charge on any atom is -0.383 e. The van der Waals surface area contributed by atoms with Gasteiger partial charge in [-0.25, -0.2) is 9.97 Å². The van der Waals surface area contributed by atoms with Crippen LogP contribution in [0, 0.1) is 6.92 Å². The molecule has 2 rings (SSSR count). The van der Waals surface area contributed by atoms with Gasteiger partial charge < -0.3 is 11.1 Å². The maximum atomic E-state index is 11.4. The van der Waals surface area contributed by atoms with E-state index in [1.807, 2.05) is 6.92 Å². The maximum Gasteiger partial charge on any atom is 0.135 e. The van der Waals surface area contributed by atoms with Crippen molar-refractivity contribution in [2.75, 3.05) is 22.6 Å². The summed E-state index contributed by atoms with van der Waals surface area (Å²) < 4.78 is 11.4. The summed E-state index contributed by atoms with van der Waals surface area (Å²) in [7, 11) is -0.638. The summed E-state index contributed by atoms with van der Waals surface area (Å²) in [5, 5.41) is 3.44. The molecule has 1 aromatic rings. The summed E-state index contributed by atoms with van der Waals surface area (Å²) in [6.07, 6.45) is 1.85. The average Bonchev–Trinajstić information content (AvgIpc) is 2.37. The van der Waals surface area contributed by atoms with E-state index in [-0.39, 0.29) is 5.92 Å². The number of aromatic nitrogens is 2. The molecule has 1 aliphatic rings. The average molecular weight is 282 g/mol. The molecule has 1 aliphatic heterocycles. The van der Waals surface area contributed by atoms with Gasteiger partial charge in [-0.1, -0.05) is 13.8 Å². The van der Waals surface area contributed by atoms with Crippen LogP contribution in [0.2, 0.25) is 0 Å². The van der Waals surface area contributed by atoms with Gasteiger partial charge in [-0.05, 0) is 19.8 Å². The van der Waals surface area contributed by atoms with Gasteiger partial charge in [0.2, 0.25) is 0 Å². The number of nitrogens with one attached hydrogen (secondary N) is 1. The summed E-state index contributed by atoms with van der Waals surface area (Å²) in [5.74, 6) is 3.93. The lowest BCUT2D eigenvalue weighted by Crippen LogP contribution is -2.30. The van der Waals surface area contributed by atoms with Crippen molar-refractivity contribution in [1.29, 1.82) is 0 Å². The third-order valence-electron chi connectivity index (χ3n) is 3.45. The fraction of sp³-hybridized carbons (Fsp3) is 0.692. The molecule has 0 spiro atoms. The van der Waals surface area contributed by atoms with Crippen molar-refractivity contribution in [1.82, 2.24) is 9.97 Å². The topological polar surface area (TPSA) is 80.9 Å². The Morgan fingerprint density at radius 1 is 1.32 bits per heavy atom. The second kappa shape index (κ2) is 5.86. The fourth-order valence-electron chi connectivity index (χ4n) is 2.08. The number of nitrogens with zero attached hydrogens (tertiary/aromatic N) is 2. The third-order valence-corrected chi connectivity index (χ3v) is 4.83. The Bertz CT molecular complexity index is 480. The van der Waals surface area contributed by atoms with Crippen LogP contribution in [-0.4, -0.2) is 31.7 Å². The van der Waals surface area contributed by atoms with E-state index in [9.17, 15) is 4.21 Å². The van der Waals surface area contributed by atoms with Crippen LogP contribution in [-0.2, 0) is 10.8 Å². The predicted molar refractivity (Wildman–Crippen MR) is 79.8 cm³/mol. The van der Waals surface area contributed by atoms with Crippen molar-refractivity contribution < 1.29 is 4.21 Å². The van der Waals surface area contributed by atoms with Crippen LogP contribution in [0.3, 0.4) is 0 Å². The predicted octanol–water partition coefficient (Wildman–Crippen LogP) is 1.81. The highest BCUT2D eigenvalue weighted by molar-refractivity contribution is 7.85. The first kappa shape index (κ1) is 14.2. The van der Waals surface area contributed by atoms with Crippen LogP contribution in [0.5, 0.6) is 0 Å². The van der Waals surface area contributed by atoms with Gasteiger partial charge in [0.1, 0.15) is 17.5 Å². The number of hydrogen-bond acceptors (Lipinski definition) is 5. The molecule has 5 nitrogen and oxygen atoms in total. The van der Waals surface area contributed by atoms with Crippen molar-refractivity contribution in [3.8, 4) is 0 Å². The molecule has 2 heterocycles. The molecule has 19 heavy (non-hydrogen) atoms. The molecule has 0 amide bonds. The van der Waals surface area contributed by atoms with Crippen molar-refractivity contribution in [2.45, 2.75) is 45.6 Å². The Labute approximate surface area is 116 Å². The summed E-state index contributed by atoms with van der Waals surface area (Å²) >= 11 is 0. The van der Waals surface area contributed by atoms with Crippen molar-refractivity contribution in [3.05, 3.63) is 11.4 Å². The van der Waals surface area contributed by atoms with Gasteiger partial charge in [-0.3, -0.25) is 4.21 Å². The summed E-state index contributed by atoms with van der Waals surface area (Å²) in [4.78, 5) is 8.88. The van der Waals surface area contributed by atoms with Gasteiger partial charge in [-0.15, -0.1) is 0 Å². The Hall–Kier alpha value is -1.17. The highest BCUT2D eigenvalue weighted by Crippen LogP contribution is 2.23. The molecule has 106 valence electrons. The van der Waals surface area contributed by atoms with Crippen LogP contribution >= 0.6 is 0 Å². The van der Waals surface area contributed by atoms with Gasteiger partial charge in [0.15, 0.2) is 0 Å². The number of hydrogen-bond donors (Lipinski definition) is 2. The molecule has 0 atom stereocenters. The van der Waals surface area contributed by atoms with E-state index in [0.717, 1.165) is 41.6 Å². The SMILES string of the molecule is Cc1c(N)nc(C(C)C)nc1NC1CCS(=O)CC1. The molecule has 0 unspecified atom stereocenters. The Morgan fingerprint density at radius 2 is 1.95 bits per heavy atom. The zero-order valence-corrected chi connectivity index (χ0v) is 12.6. The van der Waals surface area contributed by atoms with Crippen LogP contribution in [0.4, 0.5) is 11.6 Å². The number of nitrogen functional groups attached to an aromatic ring is 1. The molecule has 0 aromatic carbocycles. The van der Waals surface area contributed by atoms with Gasteiger partial charge in [0, 0.05) is 39.8 Å². The molecule has 0 bridgehead atoms. The van der Waals surface area contributed by atoms with Crippen molar-refractivity contribution in [2.24, 2.45) is 0 Å². The second-order valence-corrected chi connectivity index (χ2v) is 7.06. The molecular formula is C13H22N4OS. The van der Waals surface area contributed by atoms with E-state index in [1.165, 1.54) is 0 Å². The molecule has 0 aliphatic carbocycles. The molecular weight excluding hydrogens is 260 g/mol. The zero-order valence-electron chi connectivity index (χ0n) is 11.8. The Kier molecular flexibility index (Phi) is 4.39. The summed E-state index contributed by atoms with van der Waals surface area (Å²) in [5.41, 5.74) is 6.85. The Morgan fingerprint density at radius 3 is 2.53 bits per heavy atom. The number of rotatable bonds is 3. The molecule has 0 radical (unpaired) electrons. The smallest absolute Gasteiger partial charge is 0.135 e. The largest absolute Gasteiger partial charge is 0.383 e. The first-order chi connectivity index (χ1) is 8.97. The molecule has 0 saturated carbocycles. The van der Waals surface area contributed by atoms with E-state index in [2.05, 4.69) is 29.1 Å². The highest BCUT2D eigenvalue weighted by atomic mass is 32.2. The lowest BCUT2D eigenvalue weighted by atomic mass is 10.1. The molecule has 1 aromatic heterocycles. The zero-order chi connectivity index (χ0) is 14.0. The second-order valence-electron chi connectivity index (χ2n) is 5.36. The van der Waals surface area contributed by atoms with Crippen LogP contribution in [0.1, 0.15) is 44.0 Å². The van der Waals surface area contributed by atoms with E-state index in [4.69, 9.17) is 5.73 Å². The maximum absolute atomic E-state index is 11.4. The van der Waals surface area contributed by atoms with E-state index in [1.54, 1.807) is 0 Å². The monoisotopic (exact) mass is 282 g/mol. The van der Waals surface area contributed by atoms with Crippen molar-refractivity contribution in [3.63, 3.8) is 0 Å². The number of nitrogens with two attached hydrogens (primary N) is 1. The lowest BCUT2D eigenvalue weighted by molar-refractivity contribution is 0.621. The standard InChI is InChI=1S/C13H22N4OS/c1-8(2)12-16-11(14)9(3)13(17-12)15-10-4-6-19(18)7-5-10/h8,10H,4-7H2,1-3H3,(H3,14,15,16,17). The minimum atomic E-state index is -0.638. The molecule has 1 saturated heterocycles.